The van der Waals surface area contributed by atoms with Gasteiger partial charge in [0.25, 0.3) is 0 Å². The van der Waals surface area contributed by atoms with E-state index < -0.39 is 9.84 Å². The summed E-state index contributed by atoms with van der Waals surface area (Å²) in [5, 5.41) is 14.4. The van der Waals surface area contributed by atoms with Crippen LogP contribution in [-0.2, 0) is 14.6 Å². The first-order valence-corrected chi connectivity index (χ1v) is 18.4. The van der Waals surface area contributed by atoms with E-state index in [9.17, 15) is 13.2 Å². The van der Waals surface area contributed by atoms with Crippen molar-refractivity contribution in [2.45, 2.75) is 75.7 Å². The van der Waals surface area contributed by atoms with E-state index in [0.717, 1.165) is 78.7 Å². The number of likely N-dealkylation sites (tertiary alicyclic amines) is 2. The van der Waals surface area contributed by atoms with Crippen LogP contribution in [0.25, 0.3) is 22.0 Å². The van der Waals surface area contributed by atoms with Crippen molar-refractivity contribution < 1.29 is 13.2 Å². The standard InChI is InChI=1S/C32H41Cl2N7O3S/c1-5-27(42)38-9-7-21(8-10-38)41-19(2)28(29-24-15-35-36-26(24)13-25(33)30(29)34)31(37-41)40-11-6-20(14-32(40,3)4)16-39-17-23-12-22(39)18-45(23,43)44/h5,13,15,20-23H,1,6-12,14,16-18H2,2-4H3,(H,35,36)/t20-,22+,23+/m1/s1. The highest BCUT2D eigenvalue weighted by Crippen LogP contribution is 2.48. The van der Waals surface area contributed by atoms with Crippen molar-refractivity contribution in [3.8, 4) is 11.1 Å². The summed E-state index contributed by atoms with van der Waals surface area (Å²) in [6.45, 7) is 14.1. The summed E-state index contributed by atoms with van der Waals surface area (Å²) in [6, 6.07) is 2.11. The highest BCUT2D eigenvalue weighted by molar-refractivity contribution is 7.92. The maximum atomic E-state index is 12.3. The number of carbonyl (C=O) groups excluding carboxylic acids is 1. The molecule has 6 heterocycles. The number of carbonyl (C=O) groups is 1. The zero-order valence-electron chi connectivity index (χ0n) is 26.1. The molecule has 13 heteroatoms. The SMILES string of the molecule is C=CC(=O)N1CCC(n2nc(N3CC[C@@H](CN4C[C@@H]5C[C@H]4CS5(=O)=O)CC3(C)C)c(-c3c(Cl)c(Cl)cc4[nH]ncc34)c2C)CC1. The van der Waals surface area contributed by atoms with Gasteiger partial charge in [-0.1, -0.05) is 29.8 Å². The monoisotopic (exact) mass is 673 g/mol. The second-order valence-corrected chi connectivity index (χ2v) is 17.1. The number of halogens is 2. The predicted molar refractivity (Wildman–Crippen MR) is 179 cm³/mol. The molecule has 4 fully saturated rings. The van der Waals surface area contributed by atoms with Crippen molar-refractivity contribution in [3.05, 3.63) is 40.7 Å². The minimum atomic E-state index is -2.91. The number of sulfone groups is 1. The Morgan fingerprint density at radius 3 is 2.56 bits per heavy atom. The van der Waals surface area contributed by atoms with Gasteiger partial charge in [-0.15, -0.1) is 0 Å². The van der Waals surface area contributed by atoms with E-state index in [2.05, 4.69) is 52.0 Å². The van der Waals surface area contributed by atoms with E-state index in [1.165, 1.54) is 6.08 Å². The Labute approximate surface area is 274 Å². The molecule has 0 unspecified atom stereocenters. The molecule has 0 saturated carbocycles. The Hall–Kier alpha value is -2.60. The number of benzene rings is 1. The van der Waals surface area contributed by atoms with Crippen LogP contribution in [0.5, 0.6) is 0 Å². The van der Waals surface area contributed by atoms with Crippen molar-refractivity contribution in [1.82, 2.24) is 29.8 Å². The number of nitrogens with zero attached hydrogens (tertiary/aromatic N) is 6. The third-order valence-electron chi connectivity index (χ3n) is 10.8. The number of rotatable bonds is 6. The number of aromatic amines is 1. The van der Waals surface area contributed by atoms with Crippen LogP contribution in [0.1, 0.15) is 57.7 Å². The Kier molecular flexibility index (Phi) is 7.78. The van der Waals surface area contributed by atoms with Gasteiger partial charge in [-0.2, -0.15) is 10.2 Å². The maximum absolute atomic E-state index is 12.3. The zero-order valence-corrected chi connectivity index (χ0v) is 28.4. The van der Waals surface area contributed by atoms with Gasteiger partial charge in [-0.05, 0) is 70.9 Å². The average Bonchev–Trinajstić information content (AvgIpc) is 3.76. The molecule has 4 saturated heterocycles. The number of nitrogens with one attached hydrogen (secondary N) is 1. The molecule has 1 N–H and O–H groups in total. The molecular weight excluding hydrogens is 633 g/mol. The molecular formula is C32H41Cl2N7O3S. The minimum absolute atomic E-state index is 0.0342. The van der Waals surface area contributed by atoms with Crippen molar-refractivity contribution in [2.24, 2.45) is 5.92 Å². The van der Waals surface area contributed by atoms with Crippen molar-refractivity contribution >= 4 is 55.7 Å². The van der Waals surface area contributed by atoms with Gasteiger partial charge in [-0.25, -0.2) is 8.42 Å². The summed E-state index contributed by atoms with van der Waals surface area (Å²) < 4.78 is 26.8. The molecule has 7 rings (SSSR count). The van der Waals surface area contributed by atoms with Gasteiger partial charge in [-0.3, -0.25) is 19.5 Å². The quantitative estimate of drug-likeness (QED) is 0.356. The number of H-pyrrole nitrogens is 1. The van der Waals surface area contributed by atoms with Gasteiger partial charge in [0.2, 0.25) is 5.91 Å². The Morgan fingerprint density at radius 1 is 1.16 bits per heavy atom. The molecule has 45 heavy (non-hydrogen) atoms. The van der Waals surface area contributed by atoms with Crippen molar-refractivity contribution in [2.75, 3.05) is 43.4 Å². The van der Waals surface area contributed by atoms with Crippen LogP contribution in [0.2, 0.25) is 10.0 Å². The number of aromatic nitrogens is 4. The molecule has 10 nitrogen and oxygen atoms in total. The molecule has 2 bridgehead atoms. The van der Waals surface area contributed by atoms with E-state index in [1.807, 2.05) is 11.0 Å². The third kappa shape index (κ3) is 5.27. The highest BCUT2D eigenvalue weighted by atomic mass is 35.5. The maximum Gasteiger partial charge on any atom is 0.245 e. The summed E-state index contributed by atoms with van der Waals surface area (Å²) in [6.07, 6.45) is 7.51. The average molecular weight is 675 g/mol. The number of hydrogen-bond acceptors (Lipinski definition) is 7. The number of hydrogen-bond donors (Lipinski definition) is 1. The number of anilines is 1. The lowest BCUT2D eigenvalue weighted by atomic mass is 9.81. The molecule has 3 atom stereocenters. The lowest BCUT2D eigenvalue weighted by Gasteiger charge is -2.47. The van der Waals surface area contributed by atoms with Gasteiger partial charge in [0.1, 0.15) is 0 Å². The number of fused-ring (bicyclic) bond motifs is 3. The van der Waals surface area contributed by atoms with E-state index >= 15 is 0 Å². The fourth-order valence-corrected chi connectivity index (χ4v) is 11.0. The van der Waals surface area contributed by atoms with Crippen LogP contribution in [0.15, 0.2) is 24.9 Å². The normalized spacial score (nSPS) is 26.6. The van der Waals surface area contributed by atoms with Crippen LogP contribution in [-0.4, -0.2) is 99.4 Å². The van der Waals surface area contributed by atoms with Gasteiger partial charge in [0.05, 0.1) is 38.8 Å². The van der Waals surface area contributed by atoms with Crippen LogP contribution in [0.4, 0.5) is 5.82 Å². The lowest BCUT2D eigenvalue weighted by Crippen LogP contribution is -2.53. The lowest BCUT2D eigenvalue weighted by molar-refractivity contribution is -0.127. The highest BCUT2D eigenvalue weighted by Gasteiger charge is 2.49. The Bertz CT molecular complexity index is 1780. The van der Waals surface area contributed by atoms with Gasteiger partial charge < -0.3 is 9.80 Å². The van der Waals surface area contributed by atoms with Gasteiger partial charge in [0, 0.05) is 66.5 Å². The second-order valence-electron chi connectivity index (χ2n) is 14.0. The van der Waals surface area contributed by atoms with Gasteiger partial charge >= 0.3 is 0 Å². The molecule has 3 aromatic rings. The molecule has 0 radical (unpaired) electrons. The van der Waals surface area contributed by atoms with E-state index in [-0.39, 0.29) is 28.8 Å². The first-order valence-electron chi connectivity index (χ1n) is 15.9. The molecule has 2 aromatic heterocycles. The number of piperidine rings is 2. The van der Waals surface area contributed by atoms with Crippen LogP contribution < -0.4 is 4.90 Å². The van der Waals surface area contributed by atoms with E-state index in [4.69, 9.17) is 28.3 Å². The zero-order chi connectivity index (χ0) is 31.8. The topological polar surface area (TPSA) is 107 Å². The summed E-state index contributed by atoms with van der Waals surface area (Å²) in [5.41, 5.74) is 3.41. The largest absolute Gasteiger partial charge is 0.349 e. The van der Waals surface area contributed by atoms with Crippen LogP contribution in [0.3, 0.4) is 0 Å². The predicted octanol–water partition coefficient (Wildman–Crippen LogP) is 5.26. The summed E-state index contributed by atoms with van der Waals surface area (Å²) >= 11 is 13.7. The van der Waals surface area contributed by atoms with Crippen molar-refractivity contribution in [1.29, 1.82) is 0 Å². The first kappa shape index (κ1) is 31.0. The molecule has 0 spiro atoms. The Morgan fingerprint density at radius 2 is 1.91 bits per heavy atom. The fraction of sp³-hybridized carbons (Fsp3) is 0.594. The fourth-order valence-electron chi connectivity index (χ4n) is 8.49. The molecule has 1 amide bonds. The summed E-state index contributed by atoms with van der Waals surface area (Å²) in [5.74, 6) is 1.63. The van der Waals surface area contributed by atoms with Crippen LogP contribution >= 0.6 is 23.2 Å². The number of amides is 1. The molecule has 4 aliphatic rings. The van der Waals surface area contributed by atoms with Crippen molar-refractivity contribution in [3.63, 3.8) is 0 Å². The summed E-state index contributed by atoms with van der Waals surface area (Å²) in [7, 11) is -2.91. The summed E-state index contributed by atoms with van der Waals surface area (Å²) in [4.78, 5) is 19.0. The third-order valence-corrected chi connectivity index (χ3v) is 13.8. The smallest absolute Gasteiger partial charge is 0.245 e. The van der Waals surface area contributed by atoms with E-state index in [0.29, 0.717) is 41.4 Å². The van der Waals surface area contributed by atoms with Gasteiger partial charge in [0.15, 0.2) is 15.7 Å². The second kappa shape index (κ2) is 11.3. The van der Waals surface area contributed by atoms with Crippen LogP contribution in [0, 0.1) is 12.8 Å². The van der Waals surface area contributed by atoms with E-state index in [1.54, 1.807) is 6.20 Å². The molecule has 0 aliphatic carbocycles. The molecule has 242 valence electrons. The minimum Gasteiger partial charge on any atom is -0.349 e. The first-order chi connectivity index (χ1) is 21.4. The Balaban J connectivity index is 1.23. The molecule has 1 aromatic carbocycles. The molecule has 4 aliphatic heterocycles.